The van der Waals surface area contributed by atoms with Crippen molar-refractivity contribution in [1.82, 2.24) is 0 Å². The maximum Gasteiger partial charge on any atom is 0.316 e. The summed E-state index contributed by atoms with van der Waals surface area (Å²) in [5.41, 5.74) is 0. The summed E-state index contributed by atoms with van der Waals surface area (Å²) in [5.74, 6) is 0. The molecule has 0 radical (unpaired) electrons. The highest BCUT2D eigenvalue weighted by atomic mass is 28.1. The lowest BCUT2D eigenvalue weighted by atomic mass is 12.0. The highest BCUT2D eigenvalue weighted by molar-refractivity contribution is 5.76. The molecular weight excluding hydrogens is 91.4 g/mol. The zero-order chi connectivity index (χ0) is 0. The van der Waals surface area contributed by atoms with Crippen molar-refractivity contribution in [3.05, 3.63) is 0 Å². The Morgan fingerprint density at radius 3 is 1.00 bits per heavy atom. The van der Waals surface area contributed by atoms with Crippen molar-refractivity contribution in [3.8, 4) is 0 Å². The molecule has 0 aliphatic carbocycles. The molecule has 0 saturated heterocycles. The van der Waals surface area contributed by atoms with Crippen LogP contribution in [0, 0.1) is 0 Å². The van der Waals surface area contributed by atoms with Crippen LogP contribution in [-0.2, 0) is 0 Å². The van der Waals surface area contributed by atoms with Crippen molar-refractivity contribution in [2.75, 3.05) is 0 Å². The van der Waals surface area contributed by atoms with Crippen LogP contribution in [0.4, 0.5) is 0 Å². The van der Waals surface area contributed by atoms with Crippen LogP contribution in [0.25, 0.3) is 0 Å². The summed E-state index contributed by atoms with van der Waals surface area (Å²) < 4.78 is 0. The number of hydrogen-bond donors (Lipinski definition) is 0. The van der Waals surface area contributed by atoms with Gasteiger partial charge in [-0.25, -0.2) is 0 Å². The van der Waals surface area contributed by atoms with E-state index in [2.05, 4.69) is 0 Å². The Bertz CT molecular complexity index is 8.00. The van der Waals surface area contributed by atoms with Gasteiger partial charge in [-0.05, 0) is 11.0 Å². The highest BCUT2D eigenvalue weighted by Gasteiger charge is 0.316. The molecule has 0 bridgehead atoms. The fourth-order valence-electron chi connectivity index (χ4n) is 0. The van der Waals surface area contributed by atoms with Gasteiger partial charge in [0.15, 0.2) is 17.4 Å². The molecule has 0 N–H and O–H groups in total. The molecule has 0 aliphatic rings. The third kappa shape index (κ3) is 9.69. The first-order valence-electron chi connectivity index (χ1n) is 0. The summed E-state index contributed by atoms with van der Waals surface area (Å²) in [7, 11) is 0. The lowest BCUT2D eigenvalue weighted by Crippen LogP contribution is -0.382. The van der Waals surface area contributed by atoms with Crippen molar-refractivity contribution >= 4 is 51.4 Å². The van der Waals surface area contributed by atoms with E-state index in [0.717, 1.165) is 0 Å². The fourth-order valence-corrected chi connectivity index (χ4v) is 0. The molecule has 3 heteroatoms. The summed E-state index contributed by atoms with van der Waals surface area (Å²) in [6, 6.07) is 0. The molecule has 0 atom stereocenters. The van der Waals surface area contributed by atoms with Gasteiger partial charge in [0, 0.05) is 0 Å². The normalized spacial score (nSPS) is 0. The molecule has 0 aromatic carbocycles. The molecule has 0 aromatic rings. The Kier molecular flexibility index (Phi) is 297. The second kappa shape index (κ2) is 24.3. The van der Waals surface area contributed by atoms with Crippen LogP contribution in [0.5, 0.6) is 0 Å². The smallest absolute Gasteiger partial charge is 0.0776 e. The fraction of sp³-hybridized carbons (Fsp3) is 1.00. The predicted octanol–water partition coefficient (Wildman–Crippen LogP) is -2.92. The van der Waals surface area contributed by atoms with Crippen LogP contribution in [0.2, 0.25) is 0 Å². The van der Waals surface area contributed by atoms with Crippen LogP contribution in [0.3, 0.4) is 0 Å². The Morgan fingerprint density at radius 1 is 1.00 bits per heavy atom. The monoisotopic (exact) mass is 104 g/mol. The predicted molar refractivity (Wildman–Crippen MR) is 36.5 cm³/mol. The minimum Gasteiger partial charge on any atom is -0.0776 e. The molecule has 0 fully saturated rings. The average molecular weight is 104 g/mol. The molecule has 4 heavy (non-hydrogen) atoms. The minimum atomic E-state index is 0. The van der Waals surface area contributed by atoms with E-state index in [4.69, 9.17) is 0 Å². The first-order valence-corrected chi connectivity index (χ1v) is 0. The Balaban J connectivity index is 0. The largest absolute Gasteiger partial charge is 0.316 e. The summed E-state index contributed by atoms with van der Waals surface area (Å²) in [4.78, 5) is 0. The topological polar surface area (TPSA) is 0 Å². The van der Waals surface area contributed by atoms with E-state index in [0.29, 0.717) is 0 Å². The van der Waals surface area contributed by atoms with Gasteiger partial charge >= 0.3 is 23.1 Å². The standard InChI is InChI=1S/CH4.Al.Mg.H4Si.5H/h1H4;;;1H4;;;;;. The maximum atomic E-state index is 0. The van der Waals surface area contributed by atoms with Crippen molar-refractivity contribution in [2.24, 2.45) is 0 Å². The van der Waals surface area contributed by atoms with Crippen LogP contribution in [0.1, 0.15) is 7.43 Å². The lowest BCUT2D eigenvalue weighted by Gasteiger charge is -0.0776. The summed E-state index contributed by atoms with van der Waals surface area (Å²) in [6.45, 7) is 0. The van der Waals surface area contributed by atoms with E-state index in [1.54, 1.807) is 0 Å². The van der Waals surface area contributed by atoms with Gasteiger partial charge < -0.3 is 0 Å². The zero-order valence-corrected chi connectivity index (χ0v) is 0. The second-order valence-corrected chi connectivity index (χ2v) is 0. The van der Waals surface area contributed by atoms with Gasteiger partial charge in [0.2, 0.25) is 0 Å². The maximum absolute atomic E-state index is 0. The molecule has 0 nitrogen and oxygen atoms in total. The molecule has 26 valence electrons. The molecule has 0 aliphatic heterocycles. The van der Waals surface area contributed by atoms with Crippen molar-refractivity contribution in [1.29, 1.82) is 0 Å². The number of rotatable bonds is 0. The van der Waals surface area contributed by atoms with Gasteiger partial charge in [-0.2, -0.15) is 0 Å². The van der Waals surface area contributed by atoms with Gasteiger partial charge in [-0.1, -0.05) is 7.43 Å². The molecule has 0 amide bonds. The van der Waals surface area contributed by atoms with Crippen LogP contribution in [-0.4, -0.2) is 51.4 Å². The van der Waals surface area contributed by atoms with Crippen LogP contribution in [0.15, 0.2) is 0 Å². The van der Waals surface area contributed by atoms with E-state index in [9.17, 15) is 0 Å². The van der Waals surface area contributed by atoms with Gasteiger partial charge in [-0.15, -0.1) is 0 Å². The quantitative estimate of drug-likeness (QED) is 0.289. The molecule has 0 aromatic heterocycles. The molecular formula is CH13AlMgSi. The number of hydrogen-bond acceptors (Lipinski definition) is 0. The van der Waals surface area contributed by atoms with Crippen LogP contribution < -0.4 is 0 Å². The lowest BCUT2D eigenvalue weighted by molar-refractivity contribution is 2.50. The van der Waals surface area contributed by atoms with Gasteiger partial charge in [0.25, 0.3) is 0 Å². The third-order valence-corrected chi connectivity index (χ3v) is 0. The highest BCUT2D eigenvalue weighted by Crippen LogP contribution is 0.144. The zero-order valence-electron chi connectivity index (χ0n) is 0. The Labute approximate surface area is 58.7 Å². The van der Waals surface area contributed by atoms with Crippen molar-refractivity contribution in [3.63, 3.8) is 0 Å². The second-order valence-electron chi connectivity index (χ2n) is 0. The molecule has 0 heterocycles. The van der Waals surface area contributed by atoms with Gasteiger partial charge in [0.05, 0.1) is 0 Å². The van der Waals surface area contributed by atoms with Gasteiger partial charge in [-0.3, -0.25) is 0 Å². The Morgan fingerprint density at radius 2 is 1.00 bits per heavy atom. The van der Waals surface area contributed by atoms with E-state index >= 15 is 0 Å². The molecule has 0 unspecified atom stereocenters. The molecule has 0 spiro atoms. The molecule has 0 saturated carbocycles. The summed E-state index contributed by atoms with van der Waals surface area (Å²) >= 11 is 0. The average Bonchev–Trinajstić information content (AvgIpc) is 0. The van der Waals surface area contributed by atoms with E-state index in [1.165, 1.54) is 0 Å². The summed E-state index contributed by atoms with van der Waals surface area (Å²) in [5, 5.41) is 0. The first-order chi connectivity index (χ1) is 0. The SMILES string of the molecule is C.[AlH3].[MgH2].[SiH4]. The van der Waals surface area contributed by atoms with E-state index in [-0.39, 0.29) is 58.8 Å². The van der Waals surface area contributed by atoms with Gasteiger partial charge in [0.1, 0.15) is 0 Å². The van der Waals surface area contributed by atoms with Crippen molar-refractivity contribution in [2.45, 2.75) is 7.43 Å². The first kappa shape index (κ1) is 49.0. The third-order valence-electron chi connectivity index (χ3n) is 0. The minimum absolute atomic E-state index is 0. The van der Waals surface area contributed by atoms with Crippen molar-refractivity contribution < 1.29 is 0 Å². The van der Waals surface area contributed by atoms with E-state index in [1.807, 2.05) is 0 Å². The molecule has 0 rings (SSSR count). The summed E-state index contributed by atoms with van der Waals surface area (Å²) in [6.07, 6.45) is 0. The van der Waals surface area contributed by atoms with Crippen LogP contribution >= 0.6 is 0 Å². The van der Waals surface area contributed by atoms with E-state index < -0.39 is 0 Å². The Hall–Kier alpha value is 1.52.